The third-order valence-electron chi connectivity index (χ3n) is 2.85. The molecule has 1 N–H and O–H groups in total. The molecule has 0 spiro atoms. The lowest BCUT2D eigenvalue weighted by Gasteiger charge is -2.27. The number of anilines is 1. The first-order valence-corrected chi connectivity index (χ1v) is 6.26. The number of rotatable bonds is 5. The number of aryl methyl sites for hydroxylation is 1. The number of benzene rings is 1. The minimum absolute atomic E-state index is 0.0480. The number of carbonyl (C=O) groups is 2. The Hall–Kier alpha value is -2.04. The molecule has 0 aliphatic heterocycles. The number of aliphatic carboxylic acids is 1. The number of hydrogen-bond donors (Lipinski definition) is 1. The average Bonchev–Trinajstić information content (AvgIpc) is 2.36. The van der Waals surface area contributed by atoms with Gasteiger partial charge in [0.05, 0.1) is 6.42 Å². The van der Waals surface area contributed by atoms with Crippen LogP contribution in [0, 0.1) is 6.92 Å². The minimum atomic E-state index is -0.904. The van der Waals surface area contributed by atoms with Gasteiger partial charge in [0, 0.05) is 25.8 Å². The molecule has 0 radical (unpaired) electrons. The number of urea groups is 1. The number of carboxylic acids is 1. The third kappa shape index (κ3) is 4.28. The normalized spacial score (nSPS) is 10.1. The van der Waals surface area contributed by atoms with Gasteiger partial charge >= 0.3 is 12.0 Å². The second kappa shape index (κ2) is 6.78. The van der Waals surface area contributed by atoms with Crippen LogP contribution in [0.4, 0.5) is 10.5 Å². The van der Waals surface area contributed by atoms with E-state index in [0.29, 0.717) is 6.54 Å². The summed E-state index contributed by atoms with van der Waals surface area (Å²) in [6.07, 6.45) is -0.0480. The summed E-state index contributed by atoms with van der Waals surface area (Å²) in [5.74, 6) is -0.904. The van der Waals surface area contributed by atoms with Gasteiger partial charge in [-0.25, -0.2) is 4.79 Å². The SMILES string of the molecule is CCN(C(=O)N(C)CCC(=O)O)c1cccc(C)c1. The zero-order valence-corrected chi connectivity index (χ0v) is 11.6. The predicted octanol–water partition coefficient (Wildman–Crippen LogP) is 2.35. The Balaban J connectivity index is 2.79. The molecule has 0 aliphatic rings. The molecule has 0 heterocycles. The maximum absolute atomic E-state index is 12.3. The quantitative estimate of drug-likeness (QED) is 0.888. The molecule has 104 valence electrons. The topological polar surface area (TPSA) is 60.9 Å². The molecule has 1 aromatic rings. The summed E-state index contributed by atoms with van der Waals surface area (Å²) < 4.78 is 0. The van der Waals surface area contributed by atoms with Crippen LogP contribution >= 0.6 is 0 Å². The Labute approximate surface area is 113 Å². The van der Waals surface area contributed by atoms with Crippen LogP contribution in [-0.4, -0.2) is 42.1 Å². The Morgan fingerprint density at radius 2 is 2.00 bits per heavy atom. The van der Waals surface area contributed by atoms with Crippen LogP contribution in [0.5, 0.6) is 0 Å². The van der Waals surface area contributed by atoms with Crippen LogP contribution in [-0.2, 0) is 4.79 Å². The van der Waals surface area contributed by atoms with Crippen molar-refractivity contribution in [3.05, 3.63) is 29.8 Å². The van der Waals surface area contributed by atoms with Gasteiger partial charge in [0.1, 0.15) is 0 Å². The van der Waals surface area contributed by atoms with E-state index in [0.717, 1.165) is 11.3 Å². The summed E-state index contributed by atoms with van der Waals surface area (Å²) in [7, 11) is 1.61. The lowest BCUT2D eigenvalue weighted by Crippen LogP contribution is -2.42. The molecule has 0 saturated carbocycles. The van der Waals surface area contributed by atoms with Gasteiger partial charge in [0.2, 0.25) is 0 Å². The fourth-order valence-electron chi connectivity index (χ4n) is 1.79. The maximum atomic E-state index is 12.3. The van der Waals surface area contributed by atoms with E-state index in [9.17, 15) is 9.59 Å². The standard InChI is InChI=1S/C14H20N2O3/c1-4-16(12-7-5-6-11(2)10-12)14(19)15(3)9-8-13(17)18/h5-7,10H,4,8-9H2,1-3H3,(H,17,18). The third-order valence-corrected chi connectivity index (χ3v) is 2.85. The molecule has 0 bridgehead atoms. The van der Waals surface area contributed by atoms with Gasteiger partial charge in [-0.2, -0.15) is 0 Å². The smallest absolute Gasteiger partial charge is 0.324 e. The molecule has 0 unspecified atom stereocenters. The van der Waals surface area contributed by atoms with Crippen LogP contribution in [0.25, 0.3) is 0 Å². The summed E-state index contributed by atoms with van der Waals surface area (Å²) in [6, 6.07) is 7.49. The van der Waals surface area contributed by atoms with Gasteiger partial charge in [-0.05, 0) is 31.5 Å². The molecule has 0 aliphatic carbocycles. The zero-order valence-electron chi connectivity index (χ0n) is 11.6. The van der Waals surface area contributed by atoms with Crippen molar-refractivity contribution in [2.75, 3.05) is 25.0 Å². The fourth-order valence-corrected chi connectivity index (χ4v) is 1.79. The number of nitrogens with zero attached hydrogens (tertiary/aromatic N) is 2. The summed E-state index contributed by atoms with van der Waals surface area (Å²) in [6.45, 7) is 4.61. The van der Waals surface area contributed by atoms with E-state index in [-0.39, 0.29) is 19.0 Å². The van der Waals surface area contributed by atoms with Crippen LogP contribution in [0.1, 0.15) is 18.9 Å². The van der Waals surface area contributed by atoms with Crippen molar-refractivity contribution < 1.29 is 14.7 Å². The Kier molecular flexibility index (Phi) is 5.36. The molecule has 19 heavy (non-hydrogen) atoms. The van der Waals surface area contributed by atoms with Crippen molar-refractivity contribution in [3.8, 4) is 0 Å². The van der Waals surface area contributed by atoms with E-state index in [1.165, 1.54) is 4.90 Å². The van der Waals surface area contributed by atoms with Gasteiger partial charge in [0.25, 0.3) is 0 Å². The molecule has 5 nitrogen and oxygen atoms in total. The van der Waals surface area contributed by atoms with E-state index in [1.54, 1.807) is 11.9 Å². The van der Waals surface area contributed by atoms with Crippen molar-refractivity contribution >= 4 is 17.7 Å². The lowest BCUT2D eigenvalue weighted by atomic mass is 10.2. The highest BCUT2D eigenvalue weighted by Crippen LogP contribution is 2.17. The van der Waals surface area contributed by atoms with Crippen LogP contribution in [0.15, 0.2) is 24.3 Å². The summed E-state index contributed by atoms with van der Waals surface area (Å²) >= 11 is 0. The van der Waals surface area contributed by atoms with Gasteiger partial charge in [0.15, 0.2) is 0 Å². The van der Waals surface area contributed by atoms with Gasteiger partial charge in [-0.3, -0.25) is 9.69 Å². The number of carboxylic acid groups (broad SMARTS) is 1. The second-order valence-electron chi connectivity index (χ2n) is 4.43. The molecule has 2 amide bonds. The van der Waals surface area contributed by atoms with Crippen molar-refractivity contribution in [3.63, 3.8) is 0 Å². The van der Waals surface area contributed by atoms with Crippen molar-refractivity contribution in [1.29, 1.82) is 0 Å². The minimum Gasteiger partial charge on any atom is -0.481 e. The van der Waals surface area contributed by atoms with Crippen molar-refractivity contribution in [2.24, 2.45) is 0 Å². The Morgan fingerprint density at radius 3 is 2.53 bits per heavy atom. The monoisotopic (exact) mass is 264 g/mol. The molecule has 0 aromatic heterocycles. The Bertz CT molecular complexity index is 460. The van der Waals surface area contributed by atoms with Gasteiger partial charge in [-0.15, -0.1) is 0 Å². The summed E-state index contributed by atoms with van der Waals surface area (Å²) in [5.41, 5.74) is 1.91. The first-order chi connectivity index (χ1) is 8.95. The first-order valence-electron chi connectivity index (χ1n) is 6.26. The molecular weight excluding hydrogens is 244 g/mol. The van der Waals surface area contributed by atoms with Crippen LogP contribution in [0.3, 0.4) is 0 Å². The van der Waals surface area contributed by atoms with Crippen LogP contribution in [0.2, 0.25) is 0 Å². The molecule has 1 aromatic carbocycles. The highest BCUT2D eigenvalue weighted by molar-refractivity contribution is 5.92. The molecular formula is C14H20N2O3. The Morgan fingerprint density at radius 1 is 1.32 bits per heavy atom. The van der Waals surface area contributed by atoms with Crippen molar-refractivity contribution in [2.45, 2.75) is 20.3 Å². The maximum Gasteiger partial charge on any atom is 0.324 e. The van der Waals surface area contributed by atoms with Crippen LogP contribution < -0.4 is 4.90 Å². The molecule has 5 heteroatoms. The van der Waals surface area contributed by atoms with E-state index >= 15 is 0 Å². The molecule has 0 fully saturated rings. The highest BCUT2D eigenvalue weighted by Gasteiger charge is 2.18. The largest absolute Gasteiger partial charge is 0.481 e. The average molecular weight is 264 g/mol. The van der Waals surface area contributed by atoms with Gasteiger partial charge in [-0.1, -0.05) is 12.1 Å². The molecule has 0 atom stereocenters. The zero-order chi connectivity index (χ0) is 14.4. The van der Waals surface area contributed by atoms with Gasteiger partial charge < -0.3 is 10.0 Å². The summed E-state index contributed by atoms with van der Waals surface area (Å²) in [5, 5.41) is 8.64. The van der Waals surface area contributed by atoms with E-state index < -0.39 is 5.97 Å². The highest BCUT2D eigenvalue weighted by atomic mass is 16.4. The lowest BCUT2D eigenvalue weighted by molar-refractivity contribution is -0.137. The van der Waals surface area contributed by atoms with E-state index in [1.807, 2.05) is 38.1 Å². The number of hydrogen-bond acceptors (Lipinski definition) is 2. The van der Waals surface area contributed by atoms with E-state index in [2.05, 4.69) is 0 Å². The number of amides is 2. The summed E-state index contributed by atoms with van der Waals surface area (Å²) in [4.78, 5) is 25.9. The second-order valence-corrected chi connectivity index (χ2v) is 4.43. The molecule has 1 rings (SSSR count). The van der Waals surface area contributed by atoms with E-state index in [4.69, 9.17) is 5.11 Å². The van der Waals surface area contributed by atoms with Crippen molar-refractivity contribution in [1.82, 2.24) is 4.90 Å². The number of carbonyl (C=O) groups excluding carboxylic acids is 1. The fraction of sp³-hybridized carbons (Fsp3) is 0.429. The first kappa shape index (κ1) is 15.0. The predicted molar refractivity (Wildman–Crippen MR) is 74.5 cm³/mol. The molecule has 0 saturated heterocycles.